The molecule has 0 aromatic heterocycles. The van der Waals surface area contributed by atoms with Crippen LogP contribution >= 0.6 is 11.8 Å². The van der Waals surface area contributed by atoms with E-state index < -0.39 is 17.9 Å². The van der Waals surface area contributed by atoms with Gasteiger partial charge in [0.05, 0.1) is 0 Å². The Morgan fingerprint density at radius 1 is 1.22 bits per heavy atom. The highest BCUT2D eigenvalue weighted by Gasteiger charge is 2.36. The summed E-state index contributed by atoms with van der Waals surface area (Å²) in [5, 5.41) is 9.61. The van der Waals surface area contributed by atoms with E-state index in [0.717, 1.165) is 41.7 Å². The number of aliphatic carboxylic acids is 1. The zero-order valence-corrected chi connectivity index (χ0v) is 16.6. The molecular formula is C20H26N2O4S. The van der Waals surface area contributed by atoms with Crippen LogP contribution in [-0.4, -0.2) is 51.9 Å². The Labute approximate surface area is 163 Å². The highest BCUT2D eigenvalue weighted by atomic mass is 32.2. The molecule has 2 heterocycles. The highest BCUT2D eigenvalue weighted by Crippen LogP contribution is 2.30. The fourth-order valence-corrected chi connectivity index (χ4v) is 4.42. The van der Waals surface area contributed by atoms with Gasteiger partial charge in [0.2, 0.25) is 5.91 Å². The van der Waals surface area contributed by atoms with Crippen molar-refractivity contribution >= 4 is 34.4 Å². The lowest BCUT2D eigenvalue weighted by Crippen LogP contribution is -2.50. The standard InChI is InChI=1S/C20H26N2O4S/c1-13(12-27-14(2)23)19(24)22-11-16-9-17(21-7-3-4-8-21)6-5-15(16)10-18(22)20(25)26/h5-6,9,13,18H,3-4,7-8,10-12H2,1-2H3,(H,25,26). The van der Waals surface area contributed by atoms with E-state index in [1.807, 2.05) is 6.07 Å². The number of fused-ring (bicyclic) bond motifs is 1. The van der Waals surface area contributed by atoms with Gasteiger partial charge >= 0.3 is 5.97 Å². The Morgan fingerprint density at radius 2 is 1.93 bits per heavy atom. The lowest BCUT2D eigenvalue weighted by Gasteiger charge is -2.36. The predicted molar refractivity (Wildman–Crippen MR) is 106 cm³/mol. The van der Waals surface area contributed by atoms with Gasteiger partial charge in [0, 0.05) is 50.3 Å². The second-order valence-electron chi connectivity index (χ2n) is 7.38. The molecule has 3 rings (SSSR count). The molecule has 6 nitrogen and oxygen atoms in total. The fraction of sp³-hybridized carbons (Fsp3) is 0.550. The number of hydrogen-bond acceptors (Lipinski definition) is 5. The summed E-state index contributed by atoms with van der Waals surface area (Å²) in [4.78, 5) is 39.7. The average molecular weight is 391 g/mol. The maximum absolute atomic E-state index is 12.9. The van der Waals surface area contributed by atoms with Gasteiger partial charge in [-0.2, -0.15) is 0 Å². The third-order valence-electron chi connectivity index (χ3n) is 5.32. The van der Waals surface area contributed by atoms with E-state index in [-0.39, 0.29) is 11.0 Å². The zero-order valence-electron chi connectivity index (χ0n) is 15.8. The molecule has 2 aliphatic heterocycles. The van der Waals surface area contributed by atoms with E-state index in [9.17, 15) is 19.5 Å². The van der Waals surface area contributed by atoms with E-state index in [2.05, 4.69) is 17.0 Å². The fourth-order valence-electron chi connectivity index (χ4n) is 3.79. The van der Waals surface area contributed by atoms with Crippen LogP contribution in [0.5, 0.6) is 0 Å². The Morgan fingerprint density at radius 3 is 2.56 bits per heavy atom. The van der Waals surface area contributed by atoms with Gasteiger partial charge in [-0.1, -0.05) is 24.8 Å². The van der Waals surface area contributed by atoms with Gasteiger partial charge in [-0.15, -0.1) is 0 Å². The van der Waals surface area contributed by atoms with Crippen LogP contribution in [0.25, 0.3) is 0 Å². The maximum atomic E-state index is 12.9. The Hall–Kier alpha value is -2.02. The van der Waals surface area contributed by atoms with Gasteiger partial charge < -0.3 is 14.9 Å². The van der Waals surface area contributed by atoms with Crippen LogP contribution in [0.4, 0.5) is 5.69 Å². The largest absolute Gasteiger partial charge is 0.480 e. The molecule has 1 aromatic rings. The number of carboxylic acid groups (broad SMARTS) is 1. The minimum Gasteiger partial charge on any atom is -0.480 e. The first-order chi connectivity index (χ1) is 12.9. The third kappa shape index (κ3) is 4.46. The normalized spacial score (nSPS) is 20.3. The zero-order chi connectivity index (χ0) is 19.6. The topological polar surface area (TPSA) is 77.9 Å². The molecule has 0 bridgehead atoms. The van der Waals surface area contributed by atoms with Crippen LogP contribution < -0.4 is 4.90 Å². The molecule has 0 aliphatic carbocycles. The van der Waals surface area contributed by atoms with Crippen molar-refractivity contribution in [3.8, 4) is 0 Å². The number of nitrogens with zero attached hydrogens (tertiary/aromatic N) is 2. The number of rotatable bonds is 5. The molecular weight excluding hydrogens is 364 g/mol. The summed E-state index contributed by atoms with van der Waals surface area (Å²) in [6.45, 7) is 5.62. The second-order valence-corrected chi connectivity index (χ2v) is 8.57. The molecule has 2 aliphatic rings. The van der Waals surface area contributed by atoms with Crippen LogP contribution in [0.15, 0.2) is 18.2 Å². The number of carboxylic acids is 1. The van der Waals surface area contributed by atoms with Crippen LogP contribution in [0, 0.1) is 5.92 Å². The third-order valence-corrected chi connectivity index (χ3v) is 6.39. The minimum absolute atomic E-state index is 0.0383. The minimum atomic E-state index is -0.982. The number of carbonyl (C=O) groups is 3. The van der Waals surface area contributed by atoms with Crippen molar-refractivity contribution in [2.75, 3.05) is 23.7 Å². The van der Waals surface area contributed by atoms with Gasteiger partial charge in [0.1, 0.15) is 6.04 Å². The van der Waals surface area contributed by atoms with Crippen molar-refractivity contribution in [3.05, 3.63) is 29.3 Å². The first-order valence-electron chi connectivity index (χ1n) is 9.40. The predicted octanol–water partition coefficient (Wildman–Crippen LogP) is 2.54. The molecule has 0 spiro atoms. The van der Waals surface area contributed by atoms with E-state index >= 15 is 0 Å². The quantitative estimate of drug-likeness (QED) is 0.833. The van der Waals surface area contributed by atoms with Crippen molar-refractivity contribution in [2.24, 2.45) is 5.92 Å². The van der Waals surface area contributed by atoms with Gasteiger partial charge in [-0.05, 0) is 36.1 Å². The lowest BCUT2D eigenvalue weighted by molar-refractivity contribution is -0.152. The van der Waals surface area contributed by atoms with Crippen molar-refractivity contribution in [1.29, 1.82) is 0 Å². The summed E-state index contributed by atoms with van der Waals surface area (Å²) in [5.41, 5.74) is 3.17. The molecule has 1 saturated heterocycles. The Balaban J connectivity index is 1.81. The van der Waals surface area contributed by atoms with Crippen molar-refractivity contribution in [1.82, 2.24) is 4.90 Å². The van der Waals surface area contributed by atoms with Gasteiger partial charge in [0.25, 0.3) is 0 Å². The average Bonchev–Trinajstić information content (AvgIpc) is 3.18. The summed E-state index contributed by atoms with van der Waals surface area (Å²) >= 11 is 1.11. The van der Waals surface area contributed by atoms with Crippen molar-refractivity contribution in [3.63, 3.8) is 0 Å². The van der Waals surface area contributed by atoms with Gasteiger partial charge in [-0.3, -0.25) is 9.59 Å². The Kier molecular flexibility index (Phi) is 6.09. The van der Waals surface area contributed by atoms with Crippen LogP contribution in [0.1, 0.15) is 37.8 Å². The molecule has 1 aromatic carbocycles. The van der Waals surface area contributed by atoms with Crippen molar-refractivity contribution in [2.45, 2.75) is 45.7 Å². The molecule has 2 atom stereocenters. The van der Waals surface area contributed by atoms with Crippen LogP contribution in [0.2, 0.25) is 0 Å². The number of hydrogen-bond donors (Lipinski definition) is 1. The molecule has 7 heteroatoms. The number of amides is 1. The van der Waals surface area contributed by atoms with E-state index in [4.69, 9.17) is 0 Å². The number of benzene rings is 1. The first kappa shape index (κ1) is 19.7. The molecule has 27 heavy (non-hydrogen) atoms. The highest BCUT2D eigenvalue weighted by molar-refractivity contribution is 8.13. The number of carbonyl (C=O) groups excluding carboxylic acids is 2. The molecule has 2 unspecified atom stereocenters. The van der Waals surface area contributed by atoms with Crippen LogP contribution in [0.3, 0.4) is 0 Å². The lowest BCUT2D eigenvalue weighted by atomic mass is 9.92. The monoisotopic (exact) mass is 390 g/mol. The molecule has 0 saturated carbocycles. The summed E-state index contributed by atoms with van der Waals surface area (Å²) in [7, 11) is 0. The SMILES string of the molecule is CC(=O)SCC(C)C(=O)N1Cc2cc(N3CCCC3)ccc2CC1C(=O)O. The molecule has 1 amide bonds. The smallest absolute Gasteiger partial charge is 0.326 e. The van der Waals surface area contributed by atoms with E-state index in [1.54, 1.807) is 6.92 Å². The van der Waals surface area contributed by atoms with E-state index in [1.165, 1.54) is 24.7 Å². The summed E-state index contributed by atoms with van der Waals surface area (Å²) in [5.74, 6) is -1.21. The van der Waals surface area contributed by atoms with Crippen molar-refractivity contribution < 1.29 is 19.5 Å². The Bertz CT molecular complexity index is 745. The molecule has 1 N–H and O–H groups in total. The van der Waals surface area contributed by atoms with Crippen LogP contribution in [-0.2, 0) is 27.3 Å². The van der Waals surface area contributed by atoms with Gasteiger partial charge in [-0.25, -0.2) is 4.79 Å². The summed E-state index contributed by atoms with van der Waals surface area (Å²) < 4.78 is 0. The molecule has 146 valence electrons. The molecule has 0 radical (unpaired) electrons. The number of thioether (sulfide) groups is 1. The van der Waals surface area contributed by atoms with Gasteiger partial charge in [0.15, 0.2) is 5.12 Å². The number of anilines is 1. The summed E-state index contributed by atoms with van der Waals surface area (Å²) in [6, 6.07) is 5.32. The second kappa shape index (κ2) is 8.33. The molecule has 1 fully saturated rings. The first-order valence-corrected chi connectivity index (χ1v) is 10.4. The maximum Gasteiger partial charge on any atom is 0.326 e. The van der Waals surface area contributed by atoms with E-state index in [0.29, 0.717) is 18.7 Å². The summed E-state index contributed by atoms with van der Waals surface area (Å²) in [6.07, 6.45) is 2.70.